The van der Waals surface area contributed by atoms with Gasteiger partial charge in [0.25, 0.3) is 0 Å². The van der Waals surface area contributed by atoms with Crippen LogP contribution in [0.2, 0.25) is 0 Å². The van der Waals surface area contributed by atoms with Crippen LogP contribution in [0.5, 0.6) is 0 Å². The van der Waals surface area contributed by atoms with Crippen LogP contribution < -0.4 is 0 Å². The van der Waals surface area contributed by atoms with E-state index in [2.05, 4.69) is 13.0 Å². The Morgan fingerprint density at radius 1 is 0.770 bits per heavy atom. The molecular formula is C45H66O16. The van der Waals surface area contributed by atoms with Crippen molar-refractivity contribution in [2.45, 2.75) is 198 Å². The van der Waals surface area contributed by atoms with Crippen LogP contribution in [0.15, 0.2) is 23.5 Å². The number of carbonyl (C=O) groups is 3. The van der Waals surface area contributed by atoms with Gasteiger partial charge < -0.3 is 61.6 Å². The summed E-state index contributed by atoms with van der Waals surface area (Å²) in [5.74, 6) is -1.88. The monoisotopic (exact) mass is 862 g/mol. The number of carbonyl (C=O) groups excluding carboxylic acids is 3. The first-order chi connectivity index (χ1) is 29.1. The minimum Gasteiger partial charge on any atom is -0.469 e. The van der Waals surface area contributed by atoms with Crippen molar-refractivity contribution < 1.29 is 76.0 Å². The maximum absolute atomic E-state index is 13.8. The Bertz CT molecular complexity index is 1680. The lowest BCUT2D eigenvalue weighted by Gasteiger charge is -2.51. The first-order valence-electron chi connectivity index (χ1n) is 22.3. The van der Waals surface area contributed by atoms with Crippen LogP contribution in [0.25, 0.3) is 0 Å². The molecule has 0 N–H and O–H groups in total. The number of methoxy groups -OCH3 is 2. The normalized spacial score (nSPS) is 47.1. The molecule has 0 spiro atoms. The summed E-state index contributed by atoms with van der Waals surface area (Å²) in [5, 5.41) is 0. The molecule has 16 heteroatoms. The highest BCUT2D eigenvalue weighted by Crippen LogP contribution is 2.57. The number of hydrogen-bond donors (Lipinski definition) is 0. The quantitative estimate of drug-likeness (QED) is 0.160. The van der Waals surface area contributed by atoms with E-state index in [0.717, 1.165) is 32.1 Å². The Balaban J connectivity index is 0.866. The van der Waals surface area contributed by atoms with Gasteiger partial charge in [0.2, 0.25) is 5.79 Å². The van der Waals surface area contributed by atoms with Crippen LogP contribution in [0.4, 0.5) is 0 Å². The van der Waals surface area contributed by atoms with E-state index >= 15 is 0 Å². The lowest BCUT2D eigenvalue weighted by molar-refractivity contribution is -0.337. The lowest BCUT2D eigenvalue weighted by atomic mass is 9.55. The number of rotatable bonds is 10. The lowest BCUT2D eigenvalue weighted by Crippen LogP contribution is -2.57. The maximum Gasteiger partial charge on any atom is 0.309 e. The van der Waals surface area contributed by atoms with E-state index in [4.69, 9.17) is 61.6 Å². The van der Waals surface area contributed by atoms with Gasteiger partial charge in [0.15, 0.2) is 25.0 Å². The van der Waals surface area contributed by atoms with Crippen LogP contribution in [-0.2, 0) is 76.0 Å². The topological polar surface area (TPSA) is 171 Å². The molecule has 19 atom stereocenters. The number of esters is 3. The molecule has 8 rings (SSSR count). The minimum absolute atomic E-state index is 0.0544. The zero-order valence-corrected chi connectivity index (χ0v) is 37.1. The van der Waals surface area contributed by atoms with Crippen LogP contribution in [0, 0.1) is 23.2 Å². The Hall–Kier alpha value is -2.67. The number of fused-ring (bicyclic) bond motifs is 3. The number of ether oxygens (including phenoxy) is 13. The largest absolute Gasteiger partial charge is 0.469 e. The van der Waals surface area contributed by atoms with E-state index in [1.165, 1.54) is 25.0 Å². The predicted octanol–water partition coefficient (Wildman–Crippen LogP) is 5.18. The number of allylic oxidation sites excluding steroid dienone is 1. The van der Waals surface area contributed by atoms with Crippen molar-refractivity contribution in [2.75, 3.05) is 20.8 Å². The van der Waals surface area contributed by atoms with Gasteiger partial charge in [-0.3, -0.25) is 14.4 Å². The van der Waals surface area contributed by atoms with Gasteiger partial charge in [-0.1, -0.05) is 18.6 Å². The summed E-state index contributed by atoms with van der Waals surface area (Å²) < 4.78 is 79.7. The number of hydrogen-bond acceptors (Lipinski definition) is 16. The molecule has 6 fully saturated rings. The maximum atomic E-state index is 13.8. The first kappa shape index (κ1) is 44.9. The average Bonchev–Trinajstić information content (AvgIpc) is 3.72. The van der Waals surface area contributed by atoms with E-state index in [-0.39, 0.29) is 53.9 Å². The molecule has 342 valence electrons. The molecule has 0 aromatic carbocycles. The van der Waals surface area contributed by atoms with Crippen molar-refractivity contribution in [3.05, 3.63) is 23.5 Å². The fourth-order valence-corrected chi connectivity index (χ4v) is 11.7. The van der Waals surface area contributed by atoms with Gasteiger partial charge in [-0.2, -0.15) is 0 Å². The van der Waals surface area contributed by atoms with Gasteiger partial charge >= 0.3 is 17.9 Å². The van der Waals surface area contributed by atoms with Crippen LogP contribution in [0.3, 0.4) is 0 Å². The summed E-state index contributed by atoms with van der Waals surface area (Å²) in [6.45, 7) is 12.9. The van der Waals surface area contributed by atoms with Gasteiger partial charge in [-0.25, -0.2) is 0 Å². The predicted molar refractivity (Wildman–Crippen MR) is 212 cm³/mol. The van der Waals surface area contributed by atoms with E-state index in [0.29, 0.717) is 25.9 Å². The molecule has 61 heavy (non-hydrogen) atoms. The average molecular weight is 863 g/mol. The van der Waals surface area contributed by atoms with Crippen molar-refractivity contribution in [3.8, 4) is 0 Å². The summed E-state index contributed by atoms with van der Waals surface area (Å²) in [4.78, 5) is 37.8. The second-order valence-electron chi connectivity index (χ2n) is 18.7. The van der Waals surface area contributed by atoms with Gasteiger partial charge in [-0.15, -0.1) is 0 Å². The Kier molecular flexibility index (Phi) is 13.3. The zero-order chi connectivity index (χ0) is 43.4. The molecule has 0 aromatic rings. The summed E-state index contributed by atoms with van der Waals surface area (Å²) in [5.41, 5.74) is 2.38. The zero-order valence-electron chi connectivity index (χ0n) is 37.1. The summed E-state index contributed by atoms with van der Waals surface area (Å²) in [6.07, 6.45) is 2.83. The van der Waals surface area contributed by atoms with Crippen molar-refractivity contribution in [3.63, 3.8) is 0 Å². The molecule has 2 aliphatic carbocycles. The molecule has 0 unspecified atom stereocenters. The SMILES string of the molecule is CO[C@@H]1C[C@@H](O[C@H]2[C@@H](OC(C)=O)C[C@H](O[C@@H]3[C@@H](C)O[C@@H](O[C@H]4CC[C@@]5(C)C(=CC[C@H]6C(=O)O[C@@H]7CO[C@]8(C)OC=C(CC[C@@H]65)[C@H]78)C4)C[C@H]3OC)O[C@@H]2C)O[C@H](C)[C@H]1OC(C)=O. The first-order valence-corrected chi connectivity index (χ1v) is 22.3. The highest BCUT2D eigenvalue weighted by atomic mass is 16.8. The fourth-order valence-electron chi connectivity index (χ4n) is 11.7. The molecule has 0 bridgehead atoms. The van der Waals surface area contributed by atoms with Gasteiger partial charge in [-0.05, 0) is 76.2 Å². The molecule has 1 saturated carbocycles. The van der Waals surface area contributed by atoms with Gasteiger partial charge in [0.05, 0.1) is 55.2 Å². The van der Waals surface area contributed by atoms with E-state index in [9.17, 15) is 14.4 Å². The Labute approximate surface area is 358 Å². The third kappa shape index (κ3) is 9.04. The summed E-state index contributed by atoms with van der Waals surface area (Å²) in [7, 11) is 3.21. The molecular weight excluding hydrogens is 796 g/mol. The smallest absolute Gasteiger partial charge is 0.309 e. The van der Waals surface area contributed by atoms with E-state index in [1.54, 1.807) is 21.1 Å². The highest BCUT2D eigenvalue weighted by molar-refractivity contribution is 5.74. The minimum atomic E-state index is -0.763. The third-order valence-corrected chi connectivity index (χ3v) is 14.8. The molecule has 8 aliphatic rings. The highest BCUT2D eigenvalue weighted by Gasteiger charge is 2.58. The fraction of sp³-hybridized carbons (Fsp3) is 0.844. The third-order valence-electron chi connectivity index (χ3n) is 14.8. The molecule has 5 saturated heterocycles. The van der Waals surface area contributed by atoms with Crippen molar-refractivity contribution >= 4 is 17.9 Å². The Morgan fingerprint density at radius 2 is 1.36 bits per heavy atom. The van der Waals surface area contributed by atoms with E-state index in [1.807, 2.05) is 27.0 Å². The molecule has 0 amide bonds. The summed E-state index contributed by atoms with van der Waals surface area (Å²) >= 11 is 0. The molecule has 6 aliphatic heterocycles. The Morgan fingerprint density at radius 3 is 2.00 bits per heavy atom. The van der Waals surface area contributed by atoms with Crippen molar-refractivity contribution in [1.82, 2.24) is 0 Å². The molecule has 0 radical (unpaired) electrons. The molecule has 6 heterocycles. The second-order valence-corrected chi connectivity index (χ2v) is 18.7. The van der Waals surface area contributed by atoms with Crippen LogP contribution >= 0.6 is 0 Å². The van der Waals surface area contributed by atoms with Crippen LogP contribution in [-0.4, -0.2) is 131 Å². The standard InChI is InChI=1S/C45H66O16/c1-22-40(57-26(5)47)32(49-8)18-37(54-22)61-42-24(3)55-38(19-34(42)56-25(4)46)60-41-23(2)53-36(17-33(41)50-9)58-29-14-15-44(6)28(16-29)11-12-30-31(44)13-10-27-20-51-45(7)39(27)35(21-52-45)59-43(30)48/h11,20,22-24,29-42H,10,12-19,21H2,1-9H3/t22-,23-,24-,29+,30-,31+,32-,33-,34+,35-,36+,37-,38+,39-,40-,41-,42-,44+,45+/m1/s1. The second kappa shape index (κ2) is 18.1. The summed E-state index contributed by atoms with van der Waals surface area (Å²) in [6, 6.07) is 0. The van der Waals surface area contributed by atoms with Gasteiger partial charge in [0.1, 0.15) is 30.5 Å². The van der Waals surface area contributed by atoms with Crippen molar-refractivity contribution in [1.29, 1.82) is 0 Å². The van der Waals surface area contributed by atoms with Crippen molar-refractivity contribution in [2.24, 2.45) is 23.2 Å². The van der Waals surface area contributed by atoms with Gasteiger partial charge in [0, 0.05) is 54.3 Å². The van der Waals surface area contributed by atoms with E-state index < -0.39 is 85.4 Å². The molecule has 16 nitrogen and oxygen atoms in total. The molecule has 0 aromatic heterocycles. The van der Waals surface area contributed by atoms with Crippen LogP contribution in [0.1, 0.15) is 106 Å².